The highest BCUT2D eigenvalue weighted by molar-refractivity contribution is 5.27. The fourth-order valence-electron chi connectivity index (χ4n) is 1.23. The molecule has 0 aliphatic heterocycles. The maximum Gasteiger partial charge on any atom is 0.259 e. The average molecular weight is 194 g/mol. The van der Waals surface area contributed by atoms with Crippen molar-refractivity contribution < 1.29 is 4.74 Å². The zero-order chi connectivity index (χ0) is 10.6. The predicted molar refractivity (Wildman–Crippen MR) is 55.8 cm³/mol. The van der Waals surface area contributed by atoms with Crippen LogP contribution in [0, 0.1) is 0 Å². The number of pyridine rings is 1. The summed E-state index contributed by atoms with van der Waals surface area (Å²) in [5.74, 6) is 0. The van der Waals surface area contributed by atoms with Crippen LogP contribution in [0.2, 0.25) is 0 Å². The van der Waals surface area contributed by atoms with Crippen LogP contribution in [0.3, 0.4) is 0 Å². The Labute approximate surface area is 81.7 Å². The number of ether oxygens (including phenoxy) is 1. The number of aromatic nitrogens is 1. The van der Waals surface area contributed by atoms with Crippen molar-refractivity contribution in [1.29, 1.82) is 0 Å². The first-order valence-corrected chi connectivity index (χ1v) is 4.34. The number of nitrogens with one attached hydrogen (secondary N) is 1. The van der Waals surface area contributed by atoms with Gasteiger partial charge in [-0.2, -0.15) is 0 Å². The van der Waals surface area contributed by atoms with E-state index in [1.807, 2.05) is 19.1 Å². The molecule has 4 heteroatoms. The second-order valence-corrected chi connectivity index (χ2v) is 2.84. The van der Waals surface area contributed by atoms with Gasteiger partial charge in [-0.25, -0.2) is 0 Å². The molecule has 4 nitrogen and oxygen atoms in total. The van der Waals surface area contributed by atoms with Crippen molar-refractivity contribution in [3.05, 3.63) is 32.6 Å². The lowest BCUT2D eigenvalue weighted by Gasteiger charge is -1.97. The van der Waals surface area contributed by atoms with Crippen molar-refractivity contribution in [3.8, 4) is 0 Å². The highest BCUT2D eigenvalue weighted by atomic mass is 16.5. The fraction of sp³-hybridized carbons (Fsp3) is 0.300. The lowest BCUT2D eigenvalue weighted by atomic mass is 10.2. The highest BCUT2D eigenvalue weighted by Crippen LogP contribution is 1.79. The van der Waals surface area contributed by atoms with Crippen LogP contribution in [0.4, 0.5) is 0 Å². The monoisotopic (exact) mass is 194 g/mol. The lowest BCUT2D eigenvalue weighted by Crippen LogP contribution is -2.41. The van der Waals surface area contributed by atoms with E-state index < -0.39 is 0 Å². The van der Waals surface area contributed by atoms with Crippen molar-refractivity contribution in [1.82, 2.24) is 4.98 Å². The summed E-state index contributed by atoms with van der Waals surface area (Å²) in [6.45, 7) is 2.19. The average Bonchev–Trinajstić information content (AvgIpc) is 2.20. The summed E-state index contributed by atoms with van der Waals surface area (Å²) < 4.78 is 4.83. The van der Waals surface area contributed by atoms with Crippen LogP contribution in [0.25, 0.3) is 12.3 Å². The summed E-state index contributed by atoms with van der Waals surface area (Å²) in [5, 5.41) is 1.35. The van der Waals surface area contributed by atoms with E-state index >= 15 is 0 Å². The number of hydrogen-bond donors (Lipinski definition) is 2. The van der Waals surface area contributed by atoms with Gasteiger partial charge < -0.3 is 15.5 Å². The molecule has 14 heavy (non-hydrogen) atoms. The van der Waals surface area contributed by atoms with Crippen molar-refractivity contribution in [2.45, 2.75) is 13.5 Å². The molecule has 1 aromatic heterocycles. The van der Waals surface area contributed by atoms with E-state index in [9.17, 15) is 4.79 Å². The van der Waals surface area contributed by atoms with Crippen LogP contribution in [0.5, 0.6) is 0 Å². The van der Waals surface area contributed by atoms with Gasteiger partial charge in [0.25, 0.3) is 5.56 Å². The maximum atomic E-state index is 11.5. The SMILES string of the molecule is C/C=c1/cc(CN)[nH]c(=O)/c1=C/OC. The third kappa shape index (κ3) is 2.03. The van der Waals surface area contributed by atoms with Gasteiger partial charge in [-0.3, -0.25) is 4.79 Å². The minimum Gasteiger partial charge on any atom is -0.504 e. The fourth-order valence-corrected chi connectivity index (χ4v) is 1.23. The summed E-state index contributed by atoms with van der Waals surface area (Å²) in [5.41, 5.74) is 5.98. The Morgan fingerprint density at radius 3 is 2.86 bits per heavy atom. The van der Waals surface area contributed by atoms with Crippen LogP contribution in [0.1, 0.15) is 12.6 Å². The molecule has 0 saturated heterocycles. The Kier molecular flexibility index (Phi) is 3.48. The van der Waals surface area contributed by atoms with Gasteiger partial charge in [0, 0.05) is 12.2 Å². The van der Waals surface area contributed by atoms with Crippen LogP contribution in [-0.2, 0) is 11.3 Å². The van der Waals surface area contributed by atoms with E-state index in [4.69, 9.17) is 10.5 Å². The van der Waals surface area contributed by atoms with Crippen LogP contribution >= 0.6 is 0 Å². The molecule has 0 radical (unpaired) electrons. The van der Waals surface area contributed by atoms with Crippen LogP contribution in [-0.4, -0.2) is 12.1 Å². The standard InChI is InChI=1S/C10H14N2O2/c1-3-7-4-8(5-11)12-10(13)9(7)6-14-2/h3-4,6H,5,11H2,1-2H3,(H,12,13)/b7-3-,9-6+. The molecule has 0 aliphatic rings. The van der Waals surface area contributed by atoms with Crippen molar-refractivity contribution in [2.75, 3.05) is 7.11 Å². The molecule has 1 rings (SSSR count). The molecule has 0 spiro atoms. The number of aromatic amines is 1. The Balaban J connectivity index is 3.62. The molecule has 76 valence electrons. The third-order valence-electron chi connectivity index (χ3n) is 1.93. The van der Waals surface area contributed by atoms with Gasteiger partial charge in [0.05, 0.1) is 18.6 Å². The zero-order valence-electron chi connectivity index (χ0n) is 8.33. The minimum atomic E-state index is -0.178. The number of nitrogens with two attached hydrogens (primary N) is 1. The van der Waals surface area contributed by atoms with E-state index in [1.54, 1.807) is 0 Å². The van der Waals surface area contributed by atoms with Crippen LogP contribution < -0.4 is 21.7 Å². The van der Waals surface area contributed by atoms with E-state index in [1.165, 1.54) is 13.4 Å². The molecular formula is C10H14N2O2. The van der Waals surface area contributed by atoms with Gasteiger partial charge in [-0.1, -0.05) is 6.08 Å². The summed E-state index contributed by atoms with van der Waals surface area (Å²) in [7, 11) is 1.51. The first kappa shape index (κ1) is 10.5. The van der Waals surface area contributed by atoms with Gasteiger partial charge in [-0.15, -0.1) is 0 Å². The first-order chi connectivity index (χ1) is 6.72. The van der Waals surface area contributed by atoms with Gasteiger partial charge in [0.2, 0.25) is 0 Å². The molecular weight excluding hydrogens is 180 g/mol. The van der Waals surface area contributed by atoms with Crippen molar-refractivity contribution in [2.24, 2.45) is 5.73 Å². The second-order valence-electron chi connectivity index (χ2n) is 2.84. The first-order valence-electron chi connectivity index (χ1n) is 4.34. The van der Waals surface area contributed by atoms with Gasteiger partial charge in [-0.05, 0) is 18.2 Å². The van der Waals surface area contributed by atoms with Gasteiger partial charge in [0.1, 0.15) is 0 Å². The molecule has 0 bridgehead atoms. The number of H-pyrrole nitrogens is 1. The second kappa shape index (κ2) is 4.62. The molecule has 0 aromatic carbocycles. The van der Waals surface area contributed by atoms with Crippen molar-refractivity contribution >= 4 is 12.3 Å². The normalized spacial score (nSPS) is 13.4. The minimum absolute atomic E-state index is 0.178. The largest absolute Gasteiger partial charge is 0.504 e. The smallest absolute Gasteiger partial charge is 0.259 e. The number of hydrogen-bond acceptors (Lipinski definition) is 3. The molecule has 0 fully saturated rings. The summed E-state index contributed by atoms with van der Waals surface area (Å²) in [4.78, 5) is 14.2. The molecule has 0 aliphatic carbocycles. The number of rotatable bonds is 2. The van der Waals surface area contributed by atoms with Crippen LogP contribution in [0.15, 0.2) is 10.9 Å². The third-order valence-corrected chi connectivity index (χ3v) is 1.93. The Morgan fingerprint density at radius 1 is 1.64 bits per heavy atom. The molecule has 0 amide bonds. The predicted octanol–water partition coefficient (Wildman–Crippen LogP) is -0.982. The molecule has 1 aromatic rings. The molecule has 0 atom stereocenters. The highest BCUT2D eigenvalue weighted by Gasteiger charge is 1.95. The summed E-state index contributed by atoms with van der Waals surface area (Å²) in [6, 6.07) is 1.84. The van der Waals surface area contributed by atoms with Crippen molar-refractivity contribution in [3.63, 3.8) is 0 Å². The topological polar surface area (TPSA) is 68.1 Å². The summed E-state index contributed by atoms with van der Waals surface area (Å²) in [6.07, 6.45) is 3.27. The maximum absolute atomic E-state index is 11.5. The number of methoxy groups -OCH3 is 1. The molecule has 0 saturated carbocycles. The molecule has 3 N–H and O–H groups in total. The Hall–Kier alpha value is -1.55. The zero-order valence-corrected chi connectivity index (χ0v) is 8.33. The molecule has 1 heterocycles. The van der Waals surface area contributed by atoms with E-state index in [0.717, 1.165) is 10.9 Å². The van der Waals surface area contributed by atoms with Gasteiger partial charge >= 0.3 is 0 Å². The Morgan fingerprint density at radius 2 is 2.36 bits per heavy atom. The summed E-state index contributed by atoms with van der Waals surface area (Å²) >= 11 is 0. The van der Waals surface area contributed by atoms with E-state index in [2.05, 4.69) is 4.98 Å². The van der Waals surface area contributed by atoms with Gasteiger partial charge in [0.15, 0.2) is 0 Å². The molecule has 0 unspecified atom stereocenters. The lowest BCUT2D eigenvalue weighted by molar-refractivity contribution is 0.390. The van der Waals surface area contributed by atoms with E-state index in [0.29, 0.717) is 11.8 Å². The van der Waals surface area contributed by atoms with E-state index in [-0.39, 0.29) is 5.56 Å². The quantitative estimate of drug-likeness (QED) is 0.635. The Bertz CT molecular complexity index is 474.